The van der Waals surface area contributed by atoms with Gasteiger partial charge in [-0.25, -0.2) is 4.39 Å². The average Bonchev–Trinajstić information content (AvgIpc) is 2.45. The lowest BCUT2D eigenvalue weighted by Gasteiger charge is -2.35. The van der Waals surface area contributed by atoms with Gasteiger partial charge in [0.2, 0.25) is 0 Å². The highest BCUT2D eigenvalue weighted by molar-refractivity contribution is 6.31. The van der Waals surface area contributed by atoms with E-state index in [-0.39, 0.29) is 5.82 Å². The molecule has 0 aliphatic heterocycles. The van der Waals surface area contributed by atoms with Crippen LogP contribution in [-0.4, -0.2) is 13.1 Å². The van der Waals surface area contributed by atoms with Crippen LogP contribution >= 0.6 is 11.6 Å². The highest BCUT2D eigenvalue weighted by Gasteiger charge is 2.29. The van der Waals surface area contributed by atoms with Gasteiger partial charge in [-0.2, -0.15) is 0 Å². The van der Waals surface area contributed by atoms with Crippen LogP contribution in [-0.2, 0) is 6.42 Å². The first-order valence-electron chi connectivity index (χ1n) is 8.25. The Morgan fingerprint density at radius 2 is 2.10 bits per heavy atom. The summed E-state index contributed by atoms with van der Waals surface area (Å²) in [6.45, 7) is 6.62. The van der Waals surface area contributed by atoms with Crippen molar-refractivity contribution in [2.75, 3.05) is 13.1 Å². The number of halogens is 2. The lowest BCUT2D eigenvalue weighted by molar-refractivity contribution is 0.183. The molecule has 0 heterocycles. The van der Waals surface area contributed by atoms with E-state index >= 15 is 0 Å². The van der Waals surface area contributed by atoms with Gasteiger partial charge in [0.25, 0.3) is 0 Å². The molecule has 1 aliphatic rings. The van der Waals surface area contributed by atoms with E-state index in [1.165, 1.54) is 25.3 Å². The zero-order valence-corrected chi connectivity index (χ0v) is 13.9. The monoisotopic (exact) mass is 311 g/mol. The van der Waals surface area contributed by atoms with Crippen LogP contribution in [0, 0.1) is 23.6 Å². The molecule has 0 saturated heterocycles. The number of hydrogen-bond acceptors (Lipinski definition) is 1. The van der Waals surface area contributed by atoms with E-state index in [4.69, 9.17) is 11.6 Å². The van der Waals surface area contributed by atoms with Gasteiger partial charge < -0.3 is 5.32 Å². The second-order valence-electron chi connectivity index (χ2n) is 6.55. The van der Waals surface area contributed by atoms with Crippen molar-refractivity contribution in [2.24, 2.45) is 17.8 Å². The molecule has 1 fully saturated rings. The Morgan fingerprint density at radius 3 is 2.81 bits per heavy atom. The van der Waals surface area contributed by atoms with Crippen LogP contribution in [0.4, 0.5) is 4.39 Å². The van der Waals surface area contributed by atoms with Crippen molar-refractivity contribution < 1.29 is 4.39 Å². The molecule has 3 atom stereocenters. The molecule has 1 saturated carbocycles. The Balaban J connectivity index is 2.05. The van der Waals surface area contributed by atoms with E-state index in [1.54, 1.807) is 12.1 Å². The minimum absolute atomic E-state index is 0.152. The molecule has 1 nitrogen and oxygen atoms in total. The number of benzene rings is 1. The van der Waals surface area contributed by atoms with E-state index < -0.39 is 0 Å². The van der Waals surface area contributed by atoms with Gasteiger partial charge in [-0.1, -0.05) is 37.9 Å². The maximum absolute atomic E-state index is 14.0. The first kappa shape index (κ1) is 16.8. The third-order valence-corrected chi connectivity index (χ3v) is 5.12. The smallest absolute Gasteiger partial charge is 0.127 e. The van der Waals surface area contributed by atoms with E-state index in [1.807, 2.05) is 0 Å². The van der Waals surface area contributed by atoms with Crippen LogP contribution in [0.25, 0.3) is 0 Å². The molecule has 0 spiro atoms. The Kier molecular flexibility index (Phi) is 6.50. The van der Waals surface area contributed by atoms with Gasteiger partial charge in [0.05, 0.1) is 0 Å². The summed E-state index contributed by atoms with van der Waals surface area (Å²) in [5.74, 6) is 1.76. The lowest BCUT2D eigenvalue weighted by Crippen LogP contribution is -2.34. The zero-order valence-electron chi connectivity index (χ0n) is 13.2. The topological polar surface area (TPSA) is 12.0 Å². The van der Waals surface area contributed by atoms with Gasteiger partial charge in [0.1, 0.15) is 5.82 Å². The molecule has 0 radical (unpaired) electrons. The van der Waals surface area contributed by atoms with Crippen molar-refractivity contribution in [1.82, 2.24) is 5.32 Å². The molecule has 2 rings (SSSR count). The zero-order chi connectivity index (χ0) is 15.2. The van der Waals surface area contributed by atoms with Gasteiger partial charge in [-0.3, -0.25) is 0 Å². The van der Waals surface area contributed by atoms with Crippen molar-refractivity contribution >= 4 is 11.6 Å². The van der Waals surface area contributed by atoms with Crippen LogP contribution in [0.5, 0.6) is 0 Å². The Labute approximate surface area is 133 Å². The minimum atomic E-state index is -0.152. The quantitative estimate of drug-likeness (QED) is 0.723. The van der Waals surface area contributed by atoms with Gasteiger partial charge >= 0.3 is 0 Å². The van der Waals surface area contributed by atoms with Crippen molar-refractivity contribution in [3.05, 3.63) is 34.6 Å². The highest BCUT2D eigenvalue weighted by atomic mass is 35.5. The molecule has 118 valence electrons. The Hall–Kier alpha value is -0.600. The van der Waals surface area contributed by atoms with Crippen molar-refractivity contribution in [3.8, 4) is 0 Å². The van der Waals surface area contributed by atoms with Crippen molar-refractivity contribution in [1.29, 1.82) is 0 Å². The van der Waals surface area contributed by atoms with E-state index in [9.17, 15) is 4.39 Å². The maximum atomic E-state index is 14.0. The molecule has 1 aliphatic carbocycles. The predicted octanol–water partition coefficient (Wildman–Crippen LogP) is 5.07. The molecule has 0 amide bonds. The summed E-state index contributed by atoms with van der Waals surface area (Å²) < 4.78 is 14.0. The van der Waals surface area contributed by atoms with Crippen molar-refractivity contribution in [2.45, 2.75) is 46.0 Å². The van der Waals surface area contributed by atoms with Gasteiger partial charge in [-0.15, -0.1) is 0 Å². The highest BCUT2D eigenvalue weighted by Crippen LogP contribution is 2.37. The first-order chi connectivity index (χ1) is 10.1. The summed E-state index contributed by atoms with van der Waals surface area (Å²) >= 11 is 6.20. The number of rotatable bonds is 6. The SMILES string of the molecule is CCCNCC1CCC(C)CC1Cc1c(F)cccc1Cl. The molecule has 3 heteroatoms. The summed E-state index contributed by atoms with van der Waals surface area (Å²) in [6.07, 6.45) is 5.65. The van der Waals surface area contributed by atoms with Crippen LogP contribution < -0.4 is 5.32 Å². The second kappa shape index (κ2) is 8.14. The van der Waals surface area contributed by atoms with Crippen LogP contribution in [0.15, 0.2) is 18.2 Å². The molecule has 21 heavy (non-hydrogen) atoms. The second-order valence-corrected chi connectivity index (χ2v) is 6.95. The van der Waals surface area contributed by atoms with Gasteiger partial charge in [0.15, 0.2) is 0 Å². The normalized spacial score (nSPS) is 26.0. The van der Waals surface area contributed by atoms with Gasteiger partial charge in [-0.05, 0) is 68.7 Å². The first-order valence-corrected chi connectivity index (χ1v) is 8.63. The summed E-state index contributed by atoms with van der Waals surface area (Å²) in [5, 5.41) is 4.12. The number of hydrogen-bond donors (Lipinski definition) is 1. The van der Waals surface area contributed by atoms with Crippen LogP contribution in [0.1, 0.15) is 45.1 Å². The van der Waals surface area contributed by atoms with Crippen molar-refractivity contribution in [3.63, 3.8) is 0 Å². The van der Waals surface area contributed by atoms with Crippen LogP contribution in [0.2, 0.25) is 5.02 Å². The lowest BCUT2D eigenvalue weighted by atomic mass is 9.72. The molecule has 1 aromatic rings. The fourth-order valence-corrected chi connectivity index (χ4v) is 3.77. The molecule has 1 aromatic carbocycles. The molecule has 1 N–H and O–H groups in total. The molecule has 0 aromatic heterocycles. The summed E-state index contributed by atoms with van der Waals surface area (Å²) in [7, 11) is 0. The fourth-order valence-electron chi connectivity index (χ4n) is 3.53. The molecular weight excluding hydrogens is 285 g/mol. The third-order valence-electron chi connectivity index (χ3n) is 4.76. The maximum Gasteiger partial charge on any atom is 0.127 e. The predicted molar refractivity (Wildman–Crippen MR) is 88.3 cm³/mol. The minimum Gasteiger partial charge on any atom is -0.316 e. The van der Waals surface area contributed by atoms with E-state index in [0.717, 1.165) is 31.8 Å². The Morgan fingerprint density at radius 1 is 1.29 bits per heavy atom. The largest absolute Gasteiger partial charge is 0.316 e. The third kappa shape index (κ3) is 4.69. The molecule has 0 bridgehead atoms. The van der Waals surface area contributed by atoms with Crippen LogP contribution in [0.3, 0.4) is 0 Å². The molecule has 3 unspecified atom stereocenters. The molecular formula is C18H27ClFN. The number of nitrogens with one attached hydrogen (secondary N) is 1. The standard InChI is InChI=1S/C18H27ClFN/c1-3-9-21-12-14-8-7-13(2)10-15(14)11-16-17(19)5-4-6-18(16)20/h4-6,13-15,21H,3,7-12H2,1-2H3. The Bertz CT molecular complexity index is 429. The van der Waals surface area contributed by atoms with E-state index in [0.29, 0.717) is 22.4 Å². The summed E-state index contributed by atoms with van der Waals surface area (Å²) in [4.78, 5) is 0. The summed E-state index contributed by atoms with van der Waals surface area (Å²) in [6, 6.07) is 5.01. The average molecular weight is 312 g/mol. The fraction of sp³-hybridized carbons (Fsp3) is 0.667. The summed E-state index contributed by atoms with van der Waals surface area (Å²) in [5.41, 5.74) is 0.707. The van der Waals surface area contributed by atoms with Gasteiger partial charge in [0, 0.05) is 10.6 Å². The van der Waals surface area contributed by atoms with E-state index in [2.05, 4.69) is 19.2 Å².